The molecule has 0 spiro atoms. The van der Waals surface area contributed by atoms with Crippen LogP contribution in [0.25, 0.3) is 0 Å². The third-order valence-electron chi connectivity index (χ3n) is 2.74. The molecule has 0 aliphatic carbocycles. The number of aromatic nitrogens is 2. The highest BCUT2D eigenvalue weighted by molar-refractivity contribution is 9.10. The van der Waals surface area contributed by atoms with Crippen LogP contribution in [0.1, 0.15) is 11.7 Å². The average molecular weight is 353 g/mol. The Morgan fingerprint density at radius 2 is 2.16 bits per heavy atom. The van der Waals surface area contributed by atoms with Gasteiger partial charge in [0, 0.05) is 12.8 Å². The molecule has 1 rings (SSSR count). The topological polar surface area (TPSA) is 67.2 Å². The number of hydrogen-bond donors (Lipinski definition) is 1. The maximum Gasteiger partial charge on any atom is 0.149 e. The van der Waals surface area contributed by atoms with Crippen molar-refractivity contribution in [3.63, 3.8) is 0 Å². The quantitative estimate of drug-likeness (QED) is 0.774. The Kier molecular flexibility index (Phi) is 5.97. The van der Waals surface area contributed by atoms with Crippen LogP contribution in [0.5, 0.6) is 0 Å². The highest BCUT2D eigenvalue weighted by Gasteiger charge is 2.22. The van der Waals surface area contributed by atoms with Crippen molar-refractivity contribution in [2.45, 2.75) is 12.6 Å². The molecule has 0 bridgehead atoms. The van der Waals surface area contributed by atoms with Crippen LogP contribution >= 0.6 is 15.9 Å². The molecule has 6 nitrogen and oxygen atoms in total. The van der Waals surface area contributed by atoms with Gasteiger partial charge in [-0.25, -0.2) is 8.42 Å². The Bertz CT molecular complexity index is 513. The van der Waals surface area contributed by atoms with E-state index >= 15 is 0 Å². The monoisotopic (exact) mass is 352 g/mol. The van der Waals surface area contributed by atoms with Crippen molar-refractivity contribution in [3.8, 4) is 0 Å². The van der Waals surface area contributed by atoms with Crippen LogP contribution < -0.4 is 5.32 Å². The molecule has 0 aromatic carbocycles. The van der Waals surface area contributed by atoms with E-state index in [1.54, 1.807) is 13.2 Å². The Hall–Kier alpha value is -0.440. The third kappa shape index (κ3) is 5.21. The van der Waals surface area contributed by atoms with Crippen LogP contribution in [0.4, 0.5) is 0 Å². The largest absolute Gasteiger partial charge is 0.311 e. The number of halogens is 1. The molecule has 1 unspecified atom stereocenters. The Morgan fingerprint density at radius 1 is 1.53 bits per heavy atom. The van der Waals surface area contributed by atoms with Gasteiger partial charge in [-0.1, -0.05) is 0 Å². The molecule has 0 fully saturated rings. The summed E-state index contributed by atoms with van der Waals surface area (Å²) in [7, 11) is 2.68. The Morgan fingerprint density at radius 3 is 2.63 bits per heavy atom. The minimum absolute atomic E-state index is 0.0513. The van der Waals surface area contributed by atoms with Crippen molar-refractivity contribution in [2.75, 3.05) is 39.7 Å². The van der Waals surface area contributed by atoms with Crippen LogP contribution in [-0.2, 0) is 16.4 Å². The number of nitrogens with one attached hydrogen (secondary N) is 1. The van der Waals surface area contributed by atoms with Crippen molar-refractivity contribution in [1.29, 1.82) is 0 Å². The van der Waals surface area contributed by atoms with Crippen molar-refractivity contribution in [1.82, 2.24) is 20.0 Å². The first-order valence-electron chi connectivity index (χ1n) is 5.95. The average Bonchev–Trinajstić information content (AvgIpc) is 2.63. The summed E-state index contributed by atoms with van der Waals surface area (Å²) in [5.41, 5.74) is 0.870. The van der Waals surface area contributed by atoms with E-state index in [-0.39, 0.29) is 11.8 Å². The zero-order valence-electron chi connectivity index (χ0n) is 11.7. The maximum absolute atomic E-state index is 11.5. The fourth-order valence-electron chi connectivity index (χ4n) is 1.79. The number of rotatable bonds is 7. The first-order chi connectivity index (χ1) is 8.74. The van der Waals surface area contributed by atoms with Crippen LogP contribution in [0.3, 0.4) is 0 Å². The van der Waals surface area contributed by atoms with Crippen molar-refractivity contribution >= 4 is 25.8 Å². The van der Waals surface area contributed by atoms with Crippen LogP contribution in [0, 0.1) is 0 Å². The molecular weight excluding hydrogens is 332 g/mol. The molecule has 0 amide bonds. The lowest BCUT2D eigenvalue weighted by atomic mass is 10.2. The number of nitrogens with zero attached hydrogens (tertiary/aromatic N) is 3. The summed E-state index contributed by atoms with van der Waals surface area (Å²) in [5, 5.41) is 7.34. The van der Waals surface area contributed by atoms with Gasteiger partial charge >= 0.3 is 0 Å². The van der Waals surface area contributed by atoms with E-state index < -0.39 is 9.84 Å². The molecule has 0 radical (unpaired) electrons. The van der Waals surface area contributed by atoms with Crippen molar-refractivity contribution < 1.29 is 8.42 Å². The van der Waals surface area contributed by atoms with E-state index in [0.29, 0.717) is 0 Å². The molecule has 0 saturated heterocycles. The van der Waals surface area contributed by atoms with E-state index in [1.165, 1.54) is 6.26 Å². The van der Waals surface area contributed by atoms with Gasteiger partial charge in [0.1, 0.15) is 9.84 Å². The lowest BCUT2D eigenvalue weighted by Gasteiger charge is -2.19. The molecule has 0 aliphatic heterocycles. The molecule has 1 atom stereocenters. The lowest BCUT2D eigenvalue weighted by Crippen LogP contribution is -2.29. The Labute approximate surface area is 123 Å². The minimum Gasteiger partial charge on any atom is -0.311 e. The highest BCUT2D eigenvalue weighted by Crippen LogP contribution is 2.24. The normalized spacial score (nSPS) is 14.0. The second kappa shape index (κ2) is 6.83. The summed E-state index contributed by atoms with van der Waals surface area (Å²) in [5.74, 6) is 0.0513. The SMILES string of the molecule is CNC(CS(C)(=O)=O)c1c(Br)cnn1CCN(C)C. The first-order valence-corrected chi connectivity index (χ1v) is 8.81. The van der Waals surface area contributed by atoms with Crippen molar-refractivity contribution in [3.05, 3.63) is 16.4 Å². The van der Waals surface area contributed by atoms with E-state index in [4.69, 9.17) is 0 Å². The van der Waals surface area contributed by atoms with Gasteiger partial charge in [0.2, 0.25) is 0 Å². The van der Waals surface area contributed by atoms with Gasteiger partial charge < -0.3 is 10.2 Å². The summed E-state index contributed by atoms with van der Waals surface area (Å²) in [4.78, 5) is 2.06. The predicted octanol–water partition coefficient (Wildman–Crippen LogP) is 0.512. The summed E-state index contributed by atoms with van der Waals surface area (Å²) in [6.45, 7) is 1.56. The standard InChI is InChI=1S/C11H21BrN4O2S/c1-13-10(8-19(4,17)18)11-9(12)7-14-16(11)6-5-15(2)3/h7,10,13H,5-6,8H2,1-4H3. The minimum atomic E-state index is -3.06. The second-order valence-corrected chi connectivity index (χ2v) is 7.88. The molecule has 0 aliphatic rings. The fourth-order valence-corrected chi connectivity index (χ4v) is 3.30. The molecule has 19 heavy (non-hydrogen) atoms. The molecule has 1 aromatic heterocycles. The van der Waals surface area contributed by atoms with E-state index in [1.807, 2.05) is 18.8 Å². The van der Waals surface area contributed by atoms with Crippen LogP contribution in [-0.4, -0.2) is 62.8 Å². The van der Waals surface area contributed by atoms with Gasteiger partial charge in [-0.3, -0.25) is 4.68 Å². The molecular formula is C11H21BrN4O2S. The number of likely N-dealkylation sites (N-methyl/N-ethyl adjacent to an activating group) is 1. The van der Waals surface area contributed by atoms with Gasteiger partial charge in [0.05, 0.1) is 34.7 Å². The zero-order valence-corrected chi connectivity index (χ0v) is 14.1. The molecule has 0 saturated carbocycles. The van der Waals surface area contributed by atoms with E-state index in [9.17, 15) is 8.42 Å². The van der Waals surface area contributed by atoms with E-state index in [2.05, 4.69) is 31.2 Å². The van der Waals surface area contributed by atoms with Gasteiger partial charge in [-0.15, -0.1) is 0 Å². The third-order valence-corrected chi connectivity index (χ3v) is 4.29. The molecule has 1 aromatic rings. The summed E-state index contributed by atoms with van der Waals surface area (Å²) >= 11 is 3.44. The van der Waals surface area contributed by atoms with Crippen LogP contribution in [0.15, 0.2) is 10.7 Å². The van der Waals surface area contributed by atoms with Crippen LogP contribution in [0.2, 0.25) is 0 Å². The number of hydrogen-bond acceptors (Lipinski definition) is 5. The maximum atomic E-state index is 11.5. The molecule has 1 heterocycles. The molecule has 1 N–H and O–H groups in total. The first kappa shape index (κ1) is 16.6. The smallest absolute Gasteiger partial charge is 0.149 e. The van der Waals surface area contributed by atoms with Gasteiger partial charge in [-0.05, 0) is 37.1 Å². The highest BCUT2D eigenvalue weighted by atomic mass is 79.9. The van der Waals surface area contributed by atoms with Gasteiger partial charge in [0.25, 0.3) is 0 Å². The molecule has 8 heteroatoms. The summed E-state index contributed by atoms with van der Waals surface area (Å²) in [6.07, 6.45) is 2.95. The van der Waals surface area contributed by atoms with Crippen molar-refractivity contribution in [2.24, 2.45) is 0 Å². The van der Waals surface area contributed by atoms with Gasteiger partial charge in [0.15, 0.2) is 0 Å². The lowest BCUT2D eigenvalue weighted by molar-refractivity contribution is 0.365. The fraction of sp³-hybridized carbons (Fsp3) is 0.727. The molecule has 110 valence electrons. The number of sulfone groups is 1. The summed E-state index contributed by atoms with van der Waals surface area (Å²) in [6, 6.07) is -0.269. The Balaban J connectivity index is 2.99. The summed E-state index contributed by atoms with van der Waals surface area (Å²) < 4.78 is 25.7. The van der Waals surface area contributed by atoms with E-state index in [0.717, 1.165) is 23.3 Å². The van der Waals surface area contributed by atoms with Gasteiger partial charge in [-0.2, -0.15) is 5.10 Å². The zero-order chi connectivity index (χ0) is 14.6. The second-order valence-electron chi connectivity index (χ2n) is 4.84. The predicted molar refractivity (Wildman–Crippen MR) is 80.0 cm³/mol.